The minimum Gasteiger partial charge on any atom is -0.364 e. The van der Waals surface area contributed by atoms with Gasteiger partial charge in [-0.05, 0) is 31.9 Å². The summed E-state index contributed by atoms with van der Waals surface area (Å²) in [5, 5.41) is 11.8. The maximum atomic E-state index is 5.92. The van der Waals surface area contributed by atoms with Gasteiger partial charge in [0.1, 0.15) is 0 Å². The van der Waals surface area contributed by atoms with Gasteiger partial charge >= 0.3 is 0 Å². The molecule has 0 saturated carbocycles. The van der Waals surface area contributed by atoms with Crippen LogP contribution in [-0.4, -0.2) is 25.8 Å². The number of rotatable bonds is 4. The van der Waals surface area contributed by atoms with Crippen LogP contribution in [-0.2, 0) is 6.54 Å². The van der Waals surface area contributed by atoms with E-state index in [9.17, 15) is 0 Å². The van der Waals surface area contributed by atoms with E-state index in [0.717, 1.165) is 23.5 Å². The fourth-order valence-corrected chi connectivity index (χ4v) is 1.88. The first kappa shape index (κ1) is 12.8. The van der Waals surface area contributed by atoms with E-state index in [4.69, 9.17) is 11.6 Å². The number of halogens is 1. The van der Waals surface area contributed by atoms with Crippen molar-refractivity contribution >= 4 is 17.4 Å². The summed E-state index contributed by atoms with van der Waals surface area (Å²) in [5.41, 5.74) is 2.00. The third kappa shape index (κ3) is 2.79. The van der Waals surface area contributed by atoms with Crippen molar-refractivity contribution in [3.05, 3.63) is 35.0 Å². The van der Waals surface area contributed by atoms with Crippen molar-refractivity contribution < 1.29 is 0 Å². The fraction of sp³-hybridized carbons (Fsp3) is 0.417. The highest BCUT2D eigenvalue weighted by molar-refractivity contribution is 6.30. The molecule has 2 heterocycles. The molecule has 0 bridgehead atoms. The van der Waals surface area contributed by atoms with E-state index in [-0.39, 0.29) is 6.04 Å². The largest absolute Gasteiger partial charge is 0.364 e. The molecule has 0 aliphatic rings. The van der Waals surface area contributed by atoms with E-state index in [1.807, 2.05) is 24.6 Å². The van der Waals surface area contributed by atoms with E-state index in [2.05, 4.69) is 27.4 Å². The second-order valence-electron chi connectivity index (χ2n) is 4.39. The number of anilines is 1. The predicted octanol–water partition coefficient (Wildman–Crippen LogP) is 2.44. The van der Waals surface area contributed by atoms with Gasteiger partial charge in [-0.3, -0.25) is 0 Å². The molecule has 96 valence electrons. The number of nitrogens with one attached hydrogen (secondary N) is 1. The quantitative estimate of drug-likeness (QED) is 0.923. The Bertz CT molecular complexity index is 524. The van der Waals surface area contributed by atoms with Crippen molar-refractivity contribution in [2.75, 3.05) is 5.32 Å². The Kier molecular flexibility index (Phi) is 3.81. The maximum Gasteiger partial charge on any atom is 0.155 e. The molecule has 1 N–H and O–H groups in total. The van der Waals surface area contributed by atoms with Gasteiger partial charge in [0.2, 0.25) is 0 Å². The van der Waals surface area contributed by atoms with Gasteiger partial charge in [0.05, 0.1) is 6.33 Å². The lowest BCUT2D eigenvalue weighted by Crippen LogP contribution is -2.23. The summed E-state index contributed by atoms with van der Waals surface area (Å²) in [6, 6.07) is 0.229. The highest BCUT2D eigenvalue weighted by Crippen LogP contribution is 2.21. The molecule has 0 spiro atoms. The summed E-state index contributed by atoms with van der Waals surface area (Å²) < 4.78 is 2.02. The van der Waals surface area contributed by atoms with Crippen LogP contribution in [0.5, 0.6) is 0 Å². The Morgan fingerprint density at radius 3 is 2.78 bits per heavy atom. The lowest BCUT2D eigenvalue weighted by Gasteiger charge is -2.17. The number of hydrogen-bond donors (Lipinski definition) is 1. The first-order valence-electron chi connectivity index (χ1n) is 5.79. The van der Waals surface area contributed by atoms with Crippen LogP contribution in [0, 0.1) is 13.8 Å². The molecule has 2 aromatic heterocycles. The van der Waals surface area contributed by atoms with Gasteiger partial charge in [-0.1, -0.05) is 11.6 Å². The van der Waals surface area contributed by atoms with Crippen LogP contribution in [0.15, 0.2) is 18.7 Å². The van der Waals surface area contributed by atoms with Crippen LogP contribution in [0.25, 0.3) is 0 Å². The van der Waals surface area contributed by atoms with Gasteiger partial charge in [-0.15, -0.1) is 10.2 Å². The molecule has 2 aromatic rings. The number of aromatic nitrogens is 4. The highest BCUT2D eigenvalue weighted by atomic mass is 35.5. The van der Waals surface area contributed by atoms with E-state index in [0.29, 0.717) is 5.15 Å². The zero-order chi connectivity index (χ0) is 13.1. The Labute approximate surface area is 111 Å². The molecular formula is C12H16ClN5. The third-order valence-electron chi connectivity index (χ3n) is 2.89. The van der Waals surface area contributed by atoms with E-state index in [1.54, 1.807) is 12.5 Å². The zero-order valence-electron chi connectivity index (χ0n) is 10.7. The molecule has 0 saturated heterocycles. The molecule has 1 unspecified atom stereocenters. The summed E-state index contributed by atoms with van der Waals surface area (Å²) in [6.45, 7) is 6.84. The molecule has 0 aromatic carbocycles. The van der Waals surface area contributed by atoms with E-state index >= 15 is 0 Å². The summed E-state index contributed by atoms with van der Waals surface area (Å²) >= 11 is 5.92. The van der Waals surface area contributed by atoms with E-state index in [1.165, 1.54) is 0 Å². The molecule has 6 heteroatoms. The maximum absolute atomic E-state index is 5.92. The molecule has 0 amide bonds. The monoisotopic (exact) mass is 265 g/mol. The van der Waals surface area contributed by atoms with Crippen molar-refractivity contribution in [3.63, 3.8) is 0 Å². The average molecular weight is 266 g/mol. The second kappa shape index (κ2) is 5.35. The summed E-state index contributed by atoms with van der Waals surface area (Å²) in [7, 11) is 0. The van der Waals surface area contributed by atoms with Crippen LogP contribution in [0.4, 0.5) is 5.82 Å². The van der Waals surface area contributed by atoms with Crippen molar-refractivity contribution in [2.24, 2.45) is 0 Å². The molecule has 18 heavy (non-hydrogen) atoms. The first-order valence-corrected chi connectivity index (χ1v) is 6.17. The SMILES string of the molecule is Cc1c(Cl)nnc(NC(C)Cn2ccnc2)c1C. The lowest BCUT2D eigenvalue weighted by molar-refractivity contribution is 0.615. The summed E-state index contributed by atoms with van der Waals surface area (Å²) in [6.07, 6.45) is 5.50. The first-order chi connectivity index (χ1) is 8.58. The van der Waals surface area contributed by atoms with Crippen molar-refractivity contribution in [2.45, 2.75) is 33.4 Å². The fourth-order valence-electron chi connectivity index (χ4n) is 1.70. The molecule has 1 atom stereocenters. The van der Waals surface area contributed by atoms with Crippen LogP contribution in [0.3, 0.4) is 0 Å². The minimum absolute atomic E-state index is 0.229. The smallest absolute Gasteiger partial charge is 0.155 e. The Hall–Kier alpha value is -1.62. The van der Waals surface area contributed by atoms with Crippen LogP contribution in [0.1, 0.15) is 18.1 Å². The highest BCUT2D eigenvalue weighted by Gasteiger charge is 2.10. The molecule has 0 aliphatic heterocycles. The Morgan fingerprint density at radius 1 is 1.33 bits per heavy atom. The summed E-state index contributed by atoms with van der Waals surface area (Å²) in [4.78, 5) is 4.02. The number of hydrogen-bond acceptors (Lipinski definition) is 4. The second-order valence-corrected chi connectivity index (χ2v) is 4.75. The van der Waals surface area contributed by atoms with Gasteiger partial charge < -0.3 is 9.88 Å². The van der Waals surface area contributed by atoms with Crippen LogP contribution >= 0.6 is 11.6 Å². The van der Waals surface area contributed by atoms with Crippen molar-refractivity contribution in [1.82, 2.24) is 19.7 Å². The summed E-state index contributed by atoms with van der Waals surface area (Å²) in [5.74, 6) is 0.782. The topological polar surface area (TPSA) is 55.6 Å². The standard InChI is InChI=1S/C12H16ClN5/c1-8(6-18-5-4-14-7-18)15-12-10(3)9(2)11(13)16-17-12/h4-5,7-8H,6H2,1-3H3,(H,15,17). The predicted molar refractivity (Wildman–Crippen MR) is 71.8 cm³/mol. The molecule has 2 rings (SSSR count). The lowest BCUT2D eigenvalue weighted by atomic mass is 10.2. The molecule has 5 nitrogen and oxygen atoms in total. The number of imidazole rings is 1. The molecular weight excluding hydrogens is 250 g/mol. The van der Waals surface area contributed by atoms with Crippen molar-refractivity contribution in [3.8, 4) is 0 Å². The third-order valence-corrected chi connectivity index (χ3v) is 3.25. The molecule has 0 radical (unpaired) electrons. The molecule has 0 aliphatic carbocycles. The minimum atomic E-state index is 0.229. The van der Waals surface area contributed by atoms with Gasteiger partial charge in [0.25, 0.3) is 0 Å². The number of nitrogens with zero attached hydrogens (tertiary/aromatic N) is 4. The van der Waals surface area contributed by atoms with Crippen LogP contribution < -0.4 is 5.32 Å². The van der Waals surface area contributed by atoms with E-state index < -0.39 is 0 Å². The normalized spacial score (nSPS) is 12.4. The van der Waals surface area contributed by atoms with Gasteiger partial charge in [0.15, 0.2) is 11.0 Å². The average Bonchev–Trinajstić information content (AvgIpc) is 2.83. The van der Waals surface area contributed by atoms with Gasteiger partial charge in [0, 0.05) is 25.0 Å². The zero-order valence-corrected chi connectivity index (χ0v) is 11.4. The Morgan fingerprint density at radius 2 is 2.11 bits per heavy atom. The van der Waals surface area contributed by atoms with Gasteiger partial charge in [-0.2, -0.15) is 0 Å². The van der Waals surface area contributed by atoms with Gasteiger partial charge in [-0.25, -0.2) is 4.98 Å². The van der Waals surface area contributed by atoms with Crippen LogP contribution in [0.2, 0.25) is 5.15 Å². The molecule has 0 fully saturated rings. The van der Waals surface area contributed by atoms with Crippen molar-refractivity contribution in [1.29, 1.82) is 0 Å². The Balaban J connectivity index is 2.07.